The summed E-state index contributed by atoms with van der Waals surface area (Å²) in [5.41, 5.74) is -2.87. The van der Waals surface area contributed by atoms with Gasteiger partial charge in [0.1, 0.15) is 22.1 Å². The minimum Gasteiger partial charge on any atom is -0.506 e. The number of methoxy groups -OCH3 is 1. The zero-order chi connectivity index (χ0) is 68.2. The first kappa shape index (κ1) is 72.3. The van der Waals surface area contributed by atoms with Crippen LogP contribution in [0.15, 0.2) is 103 Å². The number of amides is 2. The number of aliphatic hydroxyl groups is 1. The van der Waals surface area contributed by atoms with Crippen molar-refractivity contribution >= 4 is 113 Å². The van der Waals surface area contributed by atoms with Crippen molar-refractivity contribution < 1.29 is 127 Å². The largest absolute Gasteiger partial charge is 0.506 e. The number of carbonyl (C=O) groups excluding carboxylic acids is 4. The summed E-state index contributed by atoms with van der Waals surface area (Å²) in [7, 11) is -24.0. The van der Waals surface area contributed by atoms with Crippen molar-refractivity contribution in [2.45, 2.75) is 96.1 Å². The number of allylic oxidation sites excluding steroid dienone is 5. The molecule has 8 rings (SSSR count). The summed E-state index contributed by atoms with van der Waals surface area (Å²) in [5, 5.41) is 11.9. The molecule has 2 atom stereocenters. The summed E-state index contributed by atoms with van der Waals surface area (Å²) in [6, 6.07) is 8.40. The summed E-state index contributed by atoms with van der Waals surface area (Å²) in [6.07, 6.45) is 0.941. The number of hydrogen-bond acceptors (Lipinski definition) is 23. The number of aliphatic hydroxyl groups excluding tert-OH is 1. The predicted octanol–water partition coefficient (Wildman–Crippen LogP) is 4.51. The van der Waals surface area contributed by atoms with Gasteiger partial charge in [0.2, 0.25) is 11.5 Å². The van der Waals surface area contributed by atoms with E-state index in [0.717, 1.165) is 12.1 Å². The molecule has 0 radical (unpaired) electrons. The lowest BCUT2D eigenvalue weighted by molar-refractivity contribution is -0.438. The first-order valence-corrected chi connectivity index (χ1v) is 36.3. The molecule has 1 fully saturated rings. The van der Waals surface area contributed by atoms with Crippen LogP contribution in [-0.2, 0) is 114 Å². The molecule has 30 nitrogen and oxygen atoms in total. The third kappa shape index (κ3) is 16.1. The second-order valence-corrected chi connectivity index (χ2v) is 29.5. The molecule has 6 N–H and O–H groups in total. The molecule has 1 saturated heterocycles. The minimum atomic E-state index is -5.27. The number of ether oxygens (including phenoxy) is 6. The van der Waals surface area contributed by atoms with Gasteiger partial charge in [-0.05, 0) is 98.8 Å². The van der Waals surface area contributed by atoms with Gasteiger partial charge in [0.05, 0.1) is 105 Å². The van der Waals surface area contributed by atoms with Crippen LogP contribution in [0.2, 0.25) is 0 Å². The van der Waals surface area contributed by atoms with E-state index in [1.165, 1.54) is 36.4 Å². The molecule has 3 heterocycles. The quantitative estimate of drug-likeness (QED) is 0.0123. The molecule has 0 saturated carbocycles. The summed E-state index contributed by atoms with van der Waals surface area (Å²) < 4.78 is 213. The number of anilines is 1. The zero-order valence-electron chi connectivity index (χ0n) is 50.8. The van der Waals surface area contributed by atoms with Gasteiger partial charge in [-0.15, -0.1) is 5.06 Å². The number of nitrogens with zero attached hydrogens (tertiary/aromatic N) is 3. The van der Waals surface area contributed by atoms with Gasteiger partial charge in [0, 0.05) is 84.8 Å². The first-order chi connectivity index (χ1) is 43.6. The van der Waals surface area contributed by atoms with E-state index in [1.54, 1.807) is 37.4 Å². The summed E-state index contributed by atoms with van der Waals surface area (Å²) >= 11 is 0. The van der Waals surface area contributed by atoms with Crippen LogP contribution in [0.4, 0.5) is 11.4 Å². The van der Waals surface area contributed by atoms with Gasteiger partial charge >= 0.3 is 5.97 Å². The fourth-order valence-corrected chi connectivity index (χ4v) is 15.1. The number of fused-ring (bicyclic) bond motifs is 6. The Labute approximate surface area is 536 Å². The molecule has 0 spiro atoms. The number of hydrogen-bond donors (Lipinski definition) is 6. The molecule has 0 bridgehead atoms. The second-order valence-electron chi connectivity index (χ2n) is 22.3. The highest BCUT2D eigenvalue weighted by atomic mass is 32.2. The van der Waals surface area contributed by atoms with Crippen molar-refractivity contribution in [3.8, 4) is 0 Å². The molecule has 1 aliphatic carbocycles. The average molecular weight is 1400 g/mol. The van der Waals surface area contributed by atoms with E-state index in [2.05, 4.69) is 0 Å². The molecule has 508 valence electrons. The number of hydroxylamine groups is 2. The fraction of sp³-hybridized carbons (Fsp3) is 0.466. The summed E-state index contributed by atoms with van der Waals surface area (Å²) in [4.78, 5) is 56.0. The Balaban J connectivity index is 1.22. The van der Waals surface area contributed by atoms with E-state index < -0.39 is 123 Å². The van der Waals surface area contributed by atoms with Crippen LogP contribution < -0.4 is 4.90 Å². The highest BCUT2D eigenvalue weighted by Gasteiger charge is 2.52. The highest BCUT2D eigenvalue weighted by molar-refractivity contribution is 7.87. The predicted molar refractivity (Wildman–Crippen MR) is 328 cm³/mol. The molecule has 3 aliphatic heterocycles. The number of carbonyl (C=O) groups is 4. The fourth-order valence-electron chi connectivity index (χ4n) is 11.9. The Hall–Kier alpha value is -6.52. The van der Waals surface area contributed by atoms with Crippen molar-refractivity contribution in [3.05, 3.63) is 94.4 Å². The number of Topliss-reactive ketones (excluding diaryl/α,β-unsaturated/α-hetero) is 1. The topological polar surface area (TPSA) is 434 Å². The third-order valence-electron chi connectivity index (χ3n) is 16.2. The second kappa shape index (κ2) is 28.8. The molecule has 4 aliphatic rings. The van der Waals surface area contributed by atoms with Crippen molar-refractivity contribution in [3.63, 3.8) is 0 Å². The monoisotopic (exact) mass is 1400 g/mol. The Morgan fingerprint density at radius 3 is 1.57 bits per heavy atom. The Morgan fingerprint density at radius 1 is 0.602 bits per heavy atom. The van der Waals surface area contributed by atoms with E-state index in [-0.39, 0.29) is 158 Å². The van der Waals surface area contributed by atoms with Crippen molar-refractivity contribution in [2.24, 2.45) is 0 Å². The molecule has 2 unspecified atom stereocenters. The lowest BCUT2D eigenvalue weighted by atomic mass is 9.72. The van der Waals surface area contributed by atoms with E-state index >= 15 is 4.79 Å². The molecule has 93 heavy (non-hydrogen) atoms. The molecular weight excluding hydrogens is 1330 g/mol. The number of likely N-dealkylation sites (N-methyl/N-ethyl adjacent to an activating group) is 1. The van der Waals surface area contributed by atoms with Gasteiger partial charge in [0.25, 0.3) is 62.4 Å². The Bertz CT molecular complexity index is 4380. The number of ketones is 1. The van der Waals surface area contributed by atoms with Gasteiger partial charge in [-0.1, -0.05) is 6.07 Å². The zero-order valence-corrected chi connectivity index (χ0v) is 54.8. The van der Waals surface area contributed by atoms with Crippen molar-refractivity contribution in [1.29, 1.82) is 0 Å². The summed E-state index contributed by atoms with van der Waals surface area (Å²) in [6.45, 7) is 7.15. The number of benzene rings is 4. The average Bonchev–Trinajstić information content (AvgIpc) is 1.58. The molecule has 4 aromatic carbocycles. The van der Waals surface area contributed by atoms with Crippen LogP contribution in [0.25, 0.3) is 21.5 Å². The first-order valence-electron chi connectivity index (χ1n) is 28.9. The molecular formula is C58H70N3O27S5+. The molecule has 4 aromatic rings. The maximum atomic E-state index is 15.0. The lowest BCUT2D eigenvalue weighted by Crippen LogP contribution is -2.35. The Kier molecular flexibility index (Phi) is 22.4. The SMILES string of the molecule is CCN1C(=CC2=C(O)C(=CC3=[N+](CCCC(=O)ON4C(=O)CCC4=O)c4ccc5c(S(=O)(=O)O)cc(S(=O)(=O)O)cc5c4C3(C)CCOCCOCCOCCOCCOCCOC)C2=O)C(C)(CCCS(=O)(=O)O)c2c1ccc1c(S(=O)(=O)O)cc(S(=O)(=O)O)cc21. The smallest absolute Gasteiger partial charge is 0.333 e. The van der Waals surface area contributed by atoms with E-state index in [1.807, 2.05) is 0 Å². The normalized spacial score (nSPS) is 19.7. The van der Waals surface area contributed by atoms with Gasteiger partial charge in [-0.25, -0.2) is 4.79 Å². The van der Waals surface area contributed by atoms with E-state index in [0.29, 0.717) is 50.2 Å². The van der Waals surface area contributed by atoms with Crippen LogP contribution in [0.5, 0.6) is 0 Å². The number of rotatable bonds is 34. The lowest BCUT2D eigenvalue weighted by Gasteiger charge is -2.32. The van der Waals surface area contributed by atoms with E-state index in [9.17, 15) is 84.3 Å². The van der Waals surface area contributed by atoms with Gasteiger partial charge < -0.3 is 43.3 Å². The van der Waals surface area contributed by atoms with Crippen molar-refractivity contribution in [2.75, 3.05) is 104 Å². The van der Waals surface area contributed by atoms with E-state index in [4.69, 9.17) is 33.3 Å². The van der Waals surface area contributed by atoms with Crippen LogP contribution in [0.1, 0.15) is 76.8 Å². The molecule has 2 amide bonds. The minimum absolute atomic E-state index is 0.0126. The maximum absolute atomic E-state index is 15.0. The number of imide groups is 1. The van der Waals surface area contributed by atoms with Gasteiger partial charge in [-0.3, -0.25) is 37.1 Å². The molecule has 0 aromatic heterocycles. The van der Waals surface area contributed by atoms with Crippen LogP contribution in [-0.4, -0.2) is 208 Å². The standard InChI is InChI=1S/C58H69N3O27S5/c1-5-59-44-11-9-38-40(30-36(90(70,71)72)32-46(38)92(76,77)78)53(44)57(2,15-7-29-89(67,68)69)48(59)34-42-55(65)43(56(42)66)35-49-58(3,16-18-83-21-22-85-25-26-87-28-27-86-24-23-84-20-19-82-4)54-41-31-37(91(73,74)75)33-47(93(79,80)81)39(41)10-12-45(54)60(49)17-6-8-52(64)88-61-50(62)13-14-51(61)63/h9-12,30-35H,5-8,13-29H2,1-4H3,(H5-,65,66,67,68,69,70,71,72,73,74,75,76,77,78,79,80,81)/p+1. The summed E-state index contributed by atoms with van der Waals surface area (Å²) in [5.74, 6) is -4.80. The van der Waals surface area contributed by atoms with Crippen molar-refractivity contribution in [1.82, 2.24) is 5.06 Å². The highest BCUT2D eigenvalue weighted by Crippen LogP contribution is 2.55. The van der Waals surface area contributed by atoms with Gasteiger partial charge in [0.15, 0.2) is 5.71 Å². The molecule has 35 heteroatoms. The third-order valence-corrected chi connectivity index (χ3v) is 20.5. The van der Waals surface area contributed by atoms with Gasteiger partial charge in [-0.2, -0.15) is 46.7 Å². The van der Waals surface area contributed by atoms with Crippen LogP contribution >= 0.6 is 0 Å². The van der Waals surface area contributed by atoms with Crippen LogP contribution in [0, 0.1) is 0 Å². The Morgan fingerprint density at radius 2 is 1.10 bits per heavy atom. The van der Waals surface area contributed by atoms with Crippen LogP contribution in [0.3, 0.4) is 0 Å². The maximum Gasteiger partial charge on any atom is 0.333 e.